The first-order valence-corrected chi connectivity index (χ1v) is 38.8. The van der Waals surface area contributed by atoms with Crippen LogP contribution in [0.1, 0.15) is 140 Å². The fourth-order valence-electron chi connectivity index (χ4n) is 14.0. The zero-order valence-corrected chi connectivity index (χ0v) is 67.1. The number of carbonyl (C=O) groups excluding carboxylic acids is 2. The fraction of sp³-hybridized carbons (Fsp3) is 0.440. The van der Waals surface area contributed by atoms with E-state index in [2.05, 4.69) is 97.6 Å². The summed E-state index contributed by atoms with van der Waals surface area (Å²) in [4.78, 5) is 72.5. The van der Waals surface area contributed by atoms with Crippen molar-refractivity contribution in [3.63, 3.8) is 0 Å². The maximum atomic E-state index is 15.1. The van der Waals surface area contributed by atoms with Crippen LogP contribution < -0.4 is 40.0 Å². The van der Waals surface area contributed by atoms with Crippen molar-refractivity contribution < 1.29 is 59.6 Å². The van der Waals surface area contributed by atoms with Crippen molar-refractivity contribution in [2.24, 2.45) is 17.8 Å². The zero-order valence-electron chi connectivity index (χ0n) is 66.4. The van der Waals surface area contributed by atoms with Crippen LogP contribution in [-0.2, 0) is 61.2 Å². The number of hydrogen-bond acceptors (Lipinski definition) is 21. The summed E-state index contributed by atoms with van der Waals surface area (Å²) >= 11 is 5.73. The molecule has 0 spiro atoms. The van der Waals surface area contributed by atoms with Crippen LogP contribution in [-0.4, -0.2) is 157 Å². The van der Waals surface area contributed by atoms with Gasteiger partial charge < -0.3 is 59.2 Å². The van der Waals surface area contributed by atoms with E-state index in [9.17, 15) is 31.5 Å². The van der Waals surface area contributed by atoms with Crippen molar-refractivity contribution in [2.75, 3.05) is 99.2 Å². The van der Waals surface area contributed by atoms with Gasteiger partial charge in [0.1, 0.15) is 65.6 Å². The molecule has 0 atom stereocenters. The summed E-state index contributed by atoms with van der Waals surface area (Å²) in [6.07, 6.45) is 5.50. The molecule has 0 aliphatic carbocycles. The minimum absolute atomic E-state index is 0.0261. The third-order valence-electron chi connectivity index (χ3n) is 18.9. The molecular formula is C84H97ClF6N16O7. The highest BCUT2D eigenvalue weighted by Crippen LogP contribution is 2.43. The second-order valence-corrected chi connectivity index (χ2v) is 32.4. The van der Waals surface area contributed by atoms with Gasteiger partial charge in [0.05, 0.1) is 81.2 Å². The standard InChI is InChI=1S/C30H35F2N5O3.C25H27F2N5O.C16H16ClF2N3O.C13H19N3O2/c1-18(2)16-36-10-11-39-28-22(31)12-20(13-25(28)36)27-23(32)15-33-26(35-27)14-21-7-6-19-17-37(9-8-24(19)34-21)29(38)40-30(3,4)5;1-15(2)14-32-7-8-33-25-19(26)9-17(10-22(25)32)24-20(27)13-29-23(31-24)11-18-4-3-16-12-28-6-5-21(16)30-18;1-9(2)8-22-3-4-23-15-11(18)5-10(6-13(15)22)14-12(19)7-20-16(17)21-14;1-13(2,3)18-12(17)16-7-6-10-9(8-16)4-5-11(14)15-10/h6-7,12-13,15,18H,8-11,14,16-17H2,1-5H3;3-4,9-10,13,15,28H,5-8,11-12,14H2,1-2H3;5-7,9H,3-4,8H2,1-2H3;4-5H,6-8H2,1-3H3,(H2,14,15). The number of pyridine rings is 3. The second-order valence-electron chi connectivity index (χ2n) is 32.0. The number of nitrogens with two attached hydrogens (primary N) is 1. The number of carbonyl (C=O) groups is 2. The monoisotopic (exact) mass is 1590 g/mol. The van der Waals surface area contributed by atoms with E-state index in [0.717, 1.165) is 104 Å². The first-order valence-electron chi connectivity index (χ1n) is 38.5. The third-order valence-corrected chi connectivity index (χ3v) is 19.1. The second kappa shape index (κ2) is 35.8. The fourth-order valence-corrected chi connectivity index (χ4v) is 14.1. The first kappa shape index (κ1) is 82.8. The summed E-state index contributed by atoms with van der Waals surface area (Å²) in [5.41, 5.74) is 15.3. The van der Waals surface area contributed by atoms with Crippen LogP contribution in [0, 0.1) is 52.7 Å². The molecule has 30 heteroatoms. The first-order chi connectivity index (χ1) is 54.2. The average Bonchev–Trinajstić information content (AvgIpc) is 0.786. The summed E-state index contributed by atoms with van der Waals surface area (Å²) in [5, 5.41) is 3.24. The molecule has 15 rings (SSSR count). The highest BCUT2D eigenvalue weighted by atomic mass is 35.5. The Bertz CT molecular complexity index is 4990. The van der Waals surface area contributed by atoms with Crippen LogP contribution in [0.3, 0.4) is 0 Å². The minimum atomic E-state index is -0.652. The molecule has 0 fully saturated rings. The smallest absolute Gasteiger partial charge is 0.410 e. The van der Waals surface area contributed by atoms with Crippen LogP contribution in [0.4, 0.5) is 58.8 Å². The molecule has 0 saturated heterocycles. The number of nitrogens with zero attached hydrogens (tertiary/aromatic N) is 14. The lowest BCUT2D eigenvalue weighted by Gasteiger charge is -2.33. The van der Waals surface area contributed by atoms with Gasteiger partial charge in [0.25, 0.3) is 0 Å². The van der Waals surface area contributed by atoms with E-state index < -0.39 is 46.1 Å². The van der Waals surface area contributed by atoms with Gasteiger partial charge in [-0.05, 0) is 142 Å². The maximum Gasteiger partial charge on any atom is 0.410 e. The Morgan fingerprint density at radius 2 is 0.860 bits per heavy atom. The Balaban J connectivity index is 0.000000147. The summed E-state index contributed by atoms with van der Waals surface area (Å²) in [6.45, 7) is 33.0. The van der Waals surface area contributed by atoms with Gasteiger partial charge in [0.15, 0.2) is 52.2 Å². The number of ether oxygens (including phenoxy) is 5. The van der Waals surface area contributed by atoms with E-state index in [1.807, 2.05) is 70.7 Å². The van der Waals surface area contributed by atoms with Gasteiger partial charge in [-0.25, -0.2) is 70.8 Å². The number of benzene rings is 3. The minimum Gasteiger partial charge on any atom is -0.486 e. The topological polar surface area (TPSA) is 251 Å². The van der Waals surface area contributed by atoms with Crippen molar-refractivity contribution in [1.82, 2.24) is 60.0 Å². The average molecular weight is 1590 g/mol. The third kappa shape index (κ3) is 21.0. The van der Waals surface area contributed by atoms with Gasteiger partial charge in [-0.2, -0.15) is 0 Å². The predicted octanol–water partition coefficient (Wildman–Crippen LogP) is 15.4. The lowest BCUT2D eigenvalue weighted by atomic mass is 10.0. The van der Waals surface area contributed by atoms with E-state index in [1.165, 1.54) is 23.8 Å². The van der Waals surface area contributed by atoms with Crippen molar-refractivity contribution in [2.45, 2.75) is 146 Å². The van der Waals surface area contributed by atoms with Crippen molar-refractivity contribution >= 4 is 46.7 Å². The highest BCUT2D eigenvalue weighted by molar-refractivity contribution is 6.28. The molecule has 0 radical (unpaired) electrons. The molecule has 0 saturated carbocycles. The Labute approximate surface area is 665 Å². The Hall–Kier alpha value is -10.7. The molecule has 6 aliphatic rings. The Morgan fingerprint density at radius 1 is 0.482 bits per heavy atom. The quantitative estimate of drug-likeness (QED) is 0.0804. The number of anilines is 4. The summed E-state index contributed by atoms with van der Waals surface area (Å²) in [5.74, 6) is -0.357. The van der Waals surface area contributed by atoms with E-state index >= 15 is 4.39 Å². The van der Waals surface area contributed by atoms with E-state index in [-0.39, 0.29) is 58.2 Å². The predicted molar refractivity (Wildman–Crippen MR) is 424 cm³/mol. The SMILES string of the molecule is CC(C)(C)OC(=O)N1CCc2nc(N)ccc2C1.CC(C)CN1CCOc2c(F)cc(-c3nc(Cc4ccc5c(n4)CCN(C(=O)OC(C)(C)C)C5)ncc3F)cc21.CC(C)CN1CCOc2c(F)cc(-c3nc(Cc4ccc5c(n4)CCNC5)ncc3F)cc21.CC(C)CN1CCOc2c(F)cc(-c3nc(Cl)ncc3F)cc21. The van der Waals surface area contributed by atoms with E-state index in [0.29, 0.717) is 147 Å². The number of halogens is 7. The maximum absolute atomic E-state index is 15.1. The van der Waals surface area contributed by atoms with Crippen molar-refractivity contribution in [3.05, 3.63) is 188 Å². The van der Waals surface area contributed by atoms with Crippen molar-refractivity contribution in [1.29, 1.82) is 0 Å². The Morgan fingerprint density at radius 3 is 1.27 bits per heavy atom. The van der Waals surface area contributed by atoms with Crippen molar-refractivity contribution in [3.8, 4) is 51.0 Å². The molecule has 12 heterocycles. The number of nitrogen functional groups attached to an aromatic ring is 1. The number of hydrogen-bond donors (Lipinski definition) is 2. The molecule has 0 bridgehead atoms. The molecule has 2 amide bonds. The lowest BCUT2D eigenvalue weighted by molar-refractivity contribution is 0.0212. The molecular weight excluding hydrogens is 1490 g/mol. The summed E-state index contributed by atoms with van der Waals surface area (Å²) < 4.78 is 116. The largest absolute Gasteiger partial charge is 0.486 e. The number of nitrogens with one attached hydrogen (secondary N) is 1. The van der Waals surface area contributed by atoms with Crippen LogP contribution >= 0.6 is 11.6 Å². The van der Waals surface area contributed by atoms with Gasteiger partial charge in [-0.15, -0.1) is 0 Å². The summed E-state index contributed by atoms with van der Waals surface area (Å²) in [6, 6.07) is 20.5. The summed E-state index contributed by atoms with van der Waals surface area (Å²) in [7, 11) is 0. The number of fused-ring (bicyclic) bond motifs is 6. The molecule has 3 N–H and O–H groups in total. The van der Waals surface area contributed by atoms with Gasteiger partial charge in [-0.3, -0.25) is 9.97 Å². The lowest BCUT2D eigenvalue weighted by Crippen LogP contribution is -2.40. The molecule has 23 nitrogen and oxygen atoms in total. The van der Waals surface area contributed by atoms with Crippen LogP contribution in [0.2, 0.25) is 5.28 Å². The van der Waals surface area contributed by atoms with Gasteiger partial charge >= 0.3 is 12.2 Å². The van der Waals surface area contributed by atoms with Crippen LogP contribution in [0.15, 0.2) is 91.4 Å². The Kier molecular flexibility index (Phi) is 26.0. The molecule has 6 aliphatic heterocycles. The molecule has 3 aromatic carbocycles. The molecule has 6 aromatic heterocycles. The van der Waals surface area contributed by atoms with Gasteiger partial charge in [0, 0.05) is 110 Å². The molecule has 0 unspecified atom stereocenters. The van der Waals surface area contributed by atoms with Gasteiger partial charge in [-0.1, -0.05) is 59.7 Å². The van der Waals surface area contributed by atoms with E-state index in [4.69, 9.17) is 51.0 Å². The zero-order chi connectivity index (χ0) is 81.4. The molecule has 9 aromatic rings. The normalized spacial score (nSPS) is 14.9. The molecule has 114 heavy (non-hydrogen) atoms. The van der Waals surface area contributed by atoms with Gasteiger partial charge in [0.2, 0.25) is 5.28 Å². The van der Waals surface area contributed by atoms with Crippen LogP contribution in [0.5, 0.6) is 17.2 Å². The number of aromatic nitrogens is 9. The number of rotatable bonds is 13. The number of amides is 2. The highest BCUT2D eigenvalue weighted by Gasteiger charge is 2.32. The van der Waals surface area contributed by atoms with E-state index in [1.54, 1.807) is 34.1 Å². The molecule has 604 valence electrons. The van der Waals surface area contributed by atoms with Crippen LogP contribution in [0.25, 0.3) is 33.8 Å².